The highest BCUT2D eigenvalue weighted by Gasteiger charge is 2.14. The van der Waals surface area contributed by atoms with Crippen LogP contribution in [0.2, 0.25) is 5.02 Å². The number of nitrogens with one attached hydrogen (secondary N) is 2. The van der Waals surface area contributed by atoms with Crippen LogP contribution in [0.4, 0.5) is 11.6 Å². The molecule has 158 valence electrons. The smallest absolute Gasteiger partial charge is 0.251 e. The number of hydrogen-bond donors (Lipinski definition) is 2. The SMILES string of the molecule is CNC(=O)c1cc(CCc2cnc(Nc3ccc4nnnn4c3)nc2)c(Cl)c(OC)c1. The largest absolute Gasteiger partial charge is 0.495 e. The molecule has 0 saturated carbocycles. The molecule has 10 nitrogen and oxygen atoms in total. The van der Waals surface area contributed by atoms with Gasteiger partial charge in [0, 0.05) is 25.0 Å². The number of anilines is 2. The number of aryl methyl sites for hydroxylation is 2. The van der Waals surface area contributed by atoms with Crippen molar-refractivity contribution in [3.05, 3.63) is 64.6 Å². The molecule has 11 heteroatoms. The molecular formula is C20H19ClN8O2. The molecule has 0 atom stereocenters. The molecule has 0 spiro atoms. The predicted octanol–water partition coefficient (Wildman–Crippen LogP) is 2.46. The number of carbonyl (C=O) groups excluding carboxylic acids is 1. The summed E-state index contributed by atoms with van der Waals surface area (Å²) in [5.74, 6) is 0.723. The van der Waals surface area contributed by atoms with Gasteiger partial charge in [-0.1, -0.05) is 11.6 Å². The fraction of sp³-hybridized carbons (Fsp3) is 0.200. The summed E-state index contributed by atoms with van der Waals surface area (Å²) in [4.78, 5) is 20.7. The van der Waals surface area contributed by atoms with Crippen LogP contribution in [0.1, 0.15) is 21.5 Å². The molecule has 0 aliphatic heterocycles. The van der Waals surface area contributed by atoms with Gasteiger partial charge in [-0.3, -0.25) is 4.79 Å². The number of fused-ring (bicyclic) bond motifs is 1. The molecular weight excluding hydrogens is 420 g/mol. The van der Waals surface area contributed by atoms with Gasteiger partial charge in [-0.2, -0.15) is 4.52 Å². The first-order valence-corrected chi connectivity index (χ1v) is 9.79. The van der Waals surface area contributed by atoms with Gasteiger partial charge >= 0.3 is 0 Å². The minimum atomic E-state index is -0.199. The zero-order valence-corrected chi connectivity index (χ0v) is 17.6. The topological polar surface area (TPSA) is 119 Å². The average molecular weight is 439 g/mol. The number of ether oxygens (including phenoxy) is 1. The summed E-state index contributed by atoms with van der Waals surface area (Å²) in [6, 6.07) is 7.04. The monoisotopic (exact) mass is 438 g/mol. The molecule has 0 aliphatic carbocycles. The van der Waals surface area contributed by atoms with Gasteiger partial charge in [-0.25, -0.2) is 9.97 Å². The number of carbonyl (C=O) groups is 1. The van der Waals surface area contributed by atoms with Gasteiger partial charge in [0.05, 0.1) is 24.0 Å². The van der Waals surface area contributed by atoms with E-state index < -0.39 is 0 Å². The Morgan fingerprint density at radius 2 is 2.00 bits per heavy atom. The van der Waals surface area contributed by atoms with E-state index in [9.17, 15) is 4.79 Å². The maximum Gasteiger partial charge on any atom is 0.251 e. The fourth-order valence-electron chi connectivity index (χ4n) is 3.03. The standard InChI is InChI=1S/C20H19ClN8O2/c1-22-19(30)14-7-13(18(21)16(8-14)31-2)4-3-12-9-23-20(24-10-12)25-15-5-6-17-26-27-28-29(17)11-15/h5-11H,3-4H2,1-2H3,(H,22,30)(H,23,24,25). The maximum atomic E-state index is 12.0. The summed E-state index contributed by atoms with van der Waals surface area (Å²) < 4.78 is 6.87. The van der Waals surface area contributed by atoms with Gasteiger partial charge in [0.25, 0.3) is 5.91 Å². The summed E-state index contributed by atoms with van der Waals surface area (Å²) in [5.41, 5.74) is 3.66. The quantitative estimate of drug-likeness (QED) is 0.451. The second-order valence-electron chi connectivity index (χ2n) is 6.67. The lowest BCUT2D eigenvalue weighted by Gasteiger charge is -2.12. The van der Waals surface area contributed by atoms with Crippen molar-refractivity contribution in [2.24, 2.45) is 0 Å². The molecule has 0 bridgehead atoms. The van der Waals surface area contributed by atoms with Crippen molar-refractivity contribution >= 4 is 34.8 Å². The average Bonchev–Trinajstić information content (AvgIpc) is 3.26. The van der Waals surface area contributed by atoms with E-state index in [0.717, 1.165) is 16.8 Å². The van der Waals surface area contributed by atoms with E-state index in [1.807, 2.05) is 6.07 Å². The van der Waals surface area contributed by atoms with Crippen LogP contribution in [0.3, 0.4) is 0 Å². The highest BCUT2D eigenvalue weighted by atomic mass is 35.5. The van der Waals surface area contributed by atoms with Crippen LogP contribution < -0.4 is 15.4 Å². The van der Waals surface area contributed by atoms with Gasteiger partial charge in [-0.15, -0.1) is 5.10 Å². The van der Waals surface area contributed by atoms with Crippen molar-refractivity contribution in [2.45, 2.75) is 12.8 Å². The van der Waals surface area contributed by atoms with Gasteiger partial charge in [-0.05, 0) is 58.7 Å². The van der Waals surface area contributed by atoms with Crippen molar-refractivity contribution < 1.29 is 9.53 Å². The lowest BCUT2D eigenvalue weighted by atomic mass is 10.0. The van der Waals surface area contributed by atoms with E-state index in [1.54, 1.807) is 48.4 Å². The lowest BCUT2D eigenvalue weighted by Crippen LogP contribution is -2.18. The molecule has 2 N–H and O–H groups in total. The zero-order chi connectivity index (χ0) is 21.8. The summed E-state index contributed by atoms with van der Waals surface area (Å²) in [5, 5.41) is 17.6. The number of hydrogen-bond acceptors (Lipinski definition) is 8. The Hall–Kier alpha value is -3.79. The van der Waals surface area contributed by atoms with Crippen molar-refractivity contribution in [1.29, 1.82) is 0 Å². The number of aromatic nitrogens is 6. The molecule has 31 heavy (non-hydrogen) atoms. The Morgan fingerprint density at radius 1 is 1.19 bits per heavy atom. The Morgan fingerprint density at radius 3 is 2.74 bits per heavy atom. The first-order chi connectivity index (χ1) is 15.1. The zero-order valence-electron chi connectivity index (χ0n) is 16.8. The van der Waals surface area contributed by atoms with Gasteiger partial charge in [0.2, 0.25) is 5.95 Å². The van der Waals surface area contributed by atoms with Crippen LogP contribution in [-0.2, 0) is 12.8 Å². The van der Waals surface area contributed by atoms with Crippen molar-refractivity contribution in [3.8, 4) is 5.75 Å². The van der Waals surface area contributed by atoms with E-state index >= 15 is 0 Å². The van der Waals surface area contributed by atoms with Gasteiger partial charge < -0.3 is 15.4 Å². The van der Waals surface area contributed by atoms with E-state index in [4.69, 9.17) is 16.3 Å². The Kier molecular flexibility index (Phi) is 5.89. The molecule has 4 rings (SSSR count). The number of halogens is 1. The summed E-state index contributed by atoms with van der Waals surface area (Å²) in [6.45, 7) is 0. The molecule has 3 heterocycles. The first kappa shape index (κ1) is 20.5. The Labute approximate surface area is 182 Å². The molecule has 0 saturated heterocycles. The summed E-state index contributed by atoms with van der Waals surface area (Å²) in [6.07, 6.45) is 6.50. The second kappa shape index (κ2) is 8.92. The minimum Gasteiger partial charge on any atom is -0.495 e. The number of pyridine rings is 1. The number of methoxy groups -OCH3 is 1. The first-order valence-electron chi connectivity index (χ1n) is 9.41. The third-order valence-corrected chi connectivity index (χ3v) is 5.09. The fourth-order valence-corrected chi connectivity index (χ4v) is 3.31. The number of nitrogens with zero attached hydrogens (tertiary/aromatic N) is 6. The van der Waals surface area contributed by atoms with Crippen LogP contribution in [0.15, 0.2) is 42.9 Å². The molecule has 1 aromatic carbocycles. The van der Waals surface area contributed by atoms with E-state index in [1.165, 1.54) is 7.11 Å². The third-order valence-electron chi connectivity index (χ3n) is 4.66. The molecule has 0 aliphatic rings. The van der Waals surface area contributed by atoms with Crippen molar-refractivity contribution in [2.75, 3.05) is 19.5 Å². The molecule has 0 unspecified atom stereocenters. The predicted molar refractivity (Wildman–Crippen MR) is 115 cm³/mol. The van der Waals surface area contributed by atoms with Crippen LogP contribution in [-0.4, -0.2) is 50.1 Å². The van der Waals surface area contributed by atoms with Crippen LogP contribution >= 0.6 is 11.6 Å². The third kappa shape index (κ3) is 4.53. The highest BCUT2D eigenvalue weighted by molar-refractivity contribution is 6.33. The van der Waals surface area contributed by atoms with Gasteiger partial charge in [0.1, 0.15) is 5.75 Å². The Balaban J connectivity index is 1.45. The maximum absolute atomic E-state index is 12.0. The van der Waals surface area contributed by atoms with E-state index in [-0.39, 0.29) is 5.91 Å². The van der Waals surface area contributed by atoms with Gasteiger partial charge in [0.15, 0.2) is 5.65 Å². The molecule has 3 aromatic heterocycles. The highest BCUT2D eigenvalue weighted by Crippen LogP contribution is 2.31. The second-order valence-corrected chi connectivity index (χ2v) is 7.05. The van der Waals surface area contributed by atoms with E-state index in [2.05, 4.69) is 36.1 Å². The van der Waals surface area contributed by atoms with Crippen molar-refractivity contribution in [1.82, 2.24) is 35.3 Å². The molecule has 4 aromatic rings. The summed E-state index contributed by atoms with van der Waals surface area (Å²) in [7, 11) is 3.10. The Bertz CT molecular complexity index is 1230. The molecule has 0 fully saturated rings. The van der Waals surface area contributed by atoms with Crippen LogP contribution in [0.5, 0.6) is 5.75 Å². The molecule has 1 amide bonds. The van der Waals surface area contributed by atoms with Crippen LogP contribution in [0.25, 0.3) is 5.65 Å². The molecule has 0 radical (unpaired) electrons. The number of amides is 1. The van der Waals surface area contributed by atoms with Crippen LogP contribution in [0, 0.1) is 0 Å². The number of rotatable bonds is 7. The summed E-state index contributed by atoms with van der Waals surface area (Å²) >= 11 is 6.43. The normalized spacial score (nSPS) is 10.8. The van der Waals surface area contributed by atoms with Crippen molar-refractivity contribution in [3.63, 3.8) is 0 Å². The van der Waals surface area contributed by atoms with E-state index in [0.29, 0.717) is 40.8 Å². The number of tetrazole rings is 1. The number of benzene rings is 1. The minimum absolute atomic E-state index is 0.199. The lowest BCUT2D eigenvalue weighted by molar-refractivity contribution is 0.0962.